The fourth-order valence-electron chi connectivity index (χ4n) is 1.41. The first-order chi connectivity index (χ1) is 7.29. The van der Waals surface area contributed by atoms with Gasteiger partial charge in [-0.05, 0) is 20.3 Å². The van der Waals surface area contributed by atoms with Crippen LogP contribution in [0.15, 0.2) is 0 Å². The van der Waals surface area contributed by atoms with Crippen molar-refractivity contribution in [1.82, 2.24) is 9.78 Å². The van der Waals surface area contributed by atoms with Gasteiger partial charge in [0, 0.05) is 7.05 Å². The Hall–Kier alpha value is -0.870. The summed E-state index contributed by atoms with van der Waals surface area (Å²) >= 11 is 6.03. The monoisotopic (exact) mass is 244 g/mol. The van der Waals surface area contributed by atoms with E-state index in [1.807, 2.05) is 0 Å². The van der Waals surface area contributed by atoms with Crippen molar-refractivity contribution in [2.75, 3.05) is 0 Å². The van der Waals surface area contributed by atoms with Crippen molar-refractivity contribution in [3.8, 4) is 0 Å². The molecule has 0 saturated heterocycles. The highest BCUT2D eigenvalue weighted by Crippen LogP contribution is 2.22. The molecule has 0 aliphatic heterocycles. The minimum Gasteiger partial charge on any atom is -0.382 e. The van der Waals surface area contributed by atoms with Crippen LogP contribution >= 0.6 is 11.6 Å². The minimum atomic E-state index is -1.29. The van der Waals surface area contributed by atoms with E-state index < -0.39 is 5.60 Å². The number of ketones is 1. The van der Waals surface area contributed by atoms with Crippen molar-refractivity contribution in [3.05, 3.63) is 16.4 Å². The van der Waals surface area contributed by atoms with Gasteiger partial charge in [0.25, 0.3) is 0 Å². The first-order valence-corrected chi connectivity index (χ1v) is 5.61. The summed E-state index contributed by atoms with van der Waals surface area (Å²) in [7, 11) is 1.74. The normalized spacial score (nSPS) is 14.9. The number of hydrogen-bond donors (Lipinski definition) is 1. The van der Waals surface area contributed by atoms with Crippen LogP contribution in [-0.2, 0) is 18.3 Å². The fourth-order valence-corrected chi connectivity index (χ4v) is 1.64. The number of hydrogen-bond acceptors (Lipinski definition) is 3. The Morgan fingerprint density at radius 3 is 2.56 bits per heavy atom. The summed E-state index contributed by atoms with van der Waals surface area (Å²) in [5.74, 6) is -0.236. The van der Waals surface area contributed by atoms with Crippen LogP contribution in [0.2, 0.25) is 5.02 Å². The third-order valence-electron chi connectivity index (χ3n) is 2.88. The molecule has 90 valence electrons. The molecule has 16 heavy (non-hydrogen) atoms. The summed E-state index contributed by atoms with van der Waals surface area (Å²) in [4.78, 5) is 11.8. The molecule has 0 radical (unpaired) electrons. The van der Waals surface area contributed by atoms with Crippen LogP contribution in [0.5, 0.6) is 0 Å². The summed E-state index contributed by atoms with van der Waals surface area (Å²) in [6.45, 7) is 5.08. The number of carbonyl (C=O) groups excluding carboxylic acids is 1. The van der Waals surface area contributed by atoms with Crippen molar-refractivity contribution in [3.63, 3.8) is 0 Å². The Morgan fingerprint density at radius 2 is 2.19 bits per heavy atom. The number of aryl methyl sites for hydroxylation is 2. The highest BCUT2D eigenvalue weighted by Gasteiger charge is 2.29. The van der Waals surface area contributed by atoms with Gasteiger partial charge >= 0.3 is 0 Å². The molecule has 0 amide bonds. The molecular weight excluding hydrogens is 228 g/mol. The Balaban J connectivity index is 2.94. The number of nitrogens with zero attached hydrogens (tertiary/aromatic N) is 2. The Kier molecular flexibility index (Phi) is 3.76. The van der Waals surface area contributed by atoms with E-state index in [0.29, 0.717) is 22.8 Å². The zero-order valence-electron chi connectivity index (χ0n) is 10.0. The van der Waals surface area contributed by atoms with Crippen LogP contribution in [-0.4, -0.2) is 26.3 Å². The molecule has 0 fully saturated rings. The first-order valence-electron chi connectivity index (χ1n) is 5.23. The average Bonchev–Trinajstić information content (AvgIpc) is 2.45. The van der Waals surface area contributed by atoms with Gasteiger partial charge in [-0.1, -0.05) is 18.5 Å². The highest BCUT2D eigenvalue weighted by molar-refractivity contribution is 6.32. The lowest BCUT2D eigenvalue weighted by Gasteiger charge is -2.19. The zero-order chi connectivity index (χ0) is 12.5. The van der Waals surface area contributed by atoms with Crippen molar-refractivity contribution in [1.29, 1.82) is 0 Å². The molecule has 0 aliphatic carbocycles. The average molecular weight is 245 g/mol. The number of halogens is 1. The number of Topliss-reactive ketones (excluding diaryl/α,β-unsaturated/α-hetero) is 1. The molecule has 1 atom stereocenters. The molecule has 0 bridgehead atoms. The molecule has 1 rings (SSSR count). The van der Waals surface area contributed by atoms with Crippen LogP contribution in [0.25, 0.3) is 0 Å². The lowest BCUT2D eigenvalue weighted by atomic mass is 9.94. The number of aromatic nitrogens is 2. The number of carbonyl (C=O) groups is 1. The van der Waals surface area contributed by atoms with Gasteiger partial charge in [-0.25, -0.2) is 0 Å². The third kappa shape index (κ3) is 2.44. The van der Waals surface area contributed by atoms with Crippen molar-refractivity contribution < 1.29 is 9.90 Å². The summed E-state index contributed by atoms with van der Waals surface area (Å²) in [6, 6.07) is 0. The predicted octanol–water partition coefficient (Wildman–Crippen LogP) is 1.65. The molecule has 1 unspecified atom stereocenters. The number of aliphatic hydroxyl groups is 1. The van der Waals surface area contributed by atoms with Crippen molar-refractivity contribution in [2.24, 2.45) is 7.05 Å². The highest BCUT2D eigenvalue weighted by atomic mass is 35.5. The first kappa shape index (κ1) is 13.2. The molecule has 5 heteroatoms. The molecular formula is C11H17ClN2O2. The predicted molar refractivity (Wildman–Crippen MR) is 62.6 cm³/mol. The maximum absolute atomic E-state index is 11.8. The third-order valence-corrected chi connectivity index (χ3v) is 3.37. The topological polar surface area (TPSA) is 55.1 Å². The van der Waals surface area contributed by atoms with Crippen molar-refractivity contribution >= 4 is 17.4 Å². The zero-order valence-corrected chi connectivity index (χ0v) is 10.8. The molecule has 1 N–H and O–H groups in total. The van der Waals surface area contributed by atoms with Crippen LogP contribution in [0.3, 0.4) is 0 Å². The molecule has 0 aliphatic rings. The molecule has 0 aromatic carbocycles. The number of rotatable bonds is 4. The quantitative estimate of drug-likeness (QED) is 0.876. The lowest BCUT2D eigenvalue weighted by molar-refractivity contribution is -0.135. The second-order valence-corrected chi connectivity index (χ2v) is 4.58. The maximum atomic E-state index is 11.8. The summed E-state index contributed by atoms with van der Waals surface area (Å²) in [6.07, 6.45) is 0.497. The van der Waals surface area contributed by atoms with Gasteiger partial charge in [0.1, 0.15) is 5.60 Å². The van der Waals surface area contributed by atoms with Gasteiger partial charge in [-0.2, -0.15) is 5.10 Å². The second kappa shape index (κ2) is 4.55. The largest absolute Gasteiger partial charge is 0.382 e. The second-order valence-electron chi connectivity index (χ2n) is 4.20. The molecule has 0 saturated carbocycles. The van der Waals surface area contributed by atoms with Crippen LogP contribution in [0, 0.1) is 6.92 Å². The minimum absolute atomic E-state index is 0.108. The van der Waals surface area contributed by atoms with Gasteiger partial charge in [-0.3, -0.25) is 9.48 Å². The Bertz CT molecular complexity index is 410. The summed E-state index contributed by atoms with van der Waals surface area (Å²) < 4.78 is 1.58. The van der Waals surface area contributed by atoms with Crippen LogP contribution < -0.4 is 0 Å². The van der Waals surface area contributed by atoms with Gasteiger partial charge in [0.05, 0.1) is 22.8 Å². The van der Waals surface area contributed by atoms with E-state index in [2.05, 4.69) is 5.10 Å². The lowest BCUT2D eigenvalue weighted by Crippen LogP contribution is -2.35. The van der Waals surface area contributed by atoms with E-state index >= 15 is 0 Å². The standard InChI is InChI=1S/C11H17ClN2O2/c1-5-11(3,16)9(15)6-8-10(12)7(2)13-14(8)4/h16H,5-6H2,1-4H3. The van der Waals surface area contributed by atoms with Crippen LogP contribution in [0.4, 0.5) is 0 Å². The molecule has 0 spiro atoms. The molecule has 1 aromatic heterocycles. The van der Waals surface area contributed by atoms with Crippen LogP contribution in [0.1, 0.15) is 31.7 Å². The van der Waals surface area contributed by atoms with Gasteiger partial charge in [0.15, 0.2) is 5.78 Å². The summed E-state index contributed by atoms with van der Waals surface area (Å²) in [5.41, 5.74) is 0.0580. The van der Waals surface area contributed by atoms with E-state index in [9.17, 15) is 9.90 Å². The van der Waals surface area contributed by atoms with Crippen molar-refractivity contribution in [2.45, 2.75) is 39.2 Å². The van der Waals surface area contributed by atoms with Gasteiger partial charge in [0.2, 0.25) is 0 Å². The van der Waals surface area contributed by atoms with E-state index in [1.165, 1.54) is 6.92 Å². The Labute approximate surface area is 100 Å². The molecule has 4 nitrogen and oxygen atoms in total. The van der Waals surface area contributed by atoms with E-state index in [1.54, 1.807) is 25.6 Å². The van der Waals surface area contributed by atoms with E-state index in [4.69, 9.17) is 11.6 Å². The molecule has 1 heterocycles. The fraction of sp³-hybridized carbons (Fsp3) is 0.636. The SMILES string of the molecule is CCC(C)(O)C(=O)Cc1c(Cl)c(C)nn1C. The van der Waals surface area contributed by atoms with Gasteiger partial charge < -0.3 is 5.11 Å². The van der Waals surface area contributed by atoms with E-state index in [0.717, 1.165) is 0 Å². The molecule has 1 aromatic rings. The Morgan fingerprint density at radius 1 is 1.62 bits per heavy atom. The smallest absolute Gasteiger partial charge is 0.170 e. The summed E-state index contributed by atoms with van der Waals surface area (Å²) in [5, 5.41) is 14.4. The van der Waals surface area contributed by atoms with E-state index in [-0.39, 0.29) is 12.2 Å². The maximum Gasteiger partial charge on any atom is 0.170 e. The van der Waals surface area contributed by atoms with Gasteiger partial charge in [-0.15, -0.1) is 0 Å².